The minimum absolute atomic E-state index is 0.123. The Morgan fingerprint density at radius 1 is 0.794 bits per heavy atom. The van der Waals surface area contributed by atoms with Crippen LogP contribution >= 0.6 is 0 Å². The van der Waals surface area contributed by atoms with E-state index in [-0.39, 0.29) is 5.92 Å². The maximum absolute atomic E-state index is 13.0. The lowest BCUT2D eigenvalue weighted by Crippen LogP contribution is -2.43. The predicted molar refractivity (Wildman–Crippen MR) is 134 cm³/mol. The van der Waals surface area contributed by atoms with Crippen molar-refractivity contribution in [3.8, 4) is 0 Å². The highest BCUT2D eigenvalue weighted by atomic mass is 32.2. The Morgan fingerprint density at radius 3 is 2.15 bits per heavy atom. The Bertz CT molecular complexity index is 1110. The first-order valence-electron chi connectivity index (χ1n) is 13.0. The molecule has 0 bridgehead atoms. The Kier molecular flexibility index (Phi) is 7.06. The van der Waals surface area contributed by atoms with Crippen molar-refractivity contribution in [2.45, 2.75) is 62.7 Å². The third-order valence-corrected chi connectivity index (χ3v) is 9.58. The Labute approximate surface area is 203 Å². The monoisotopic (exact) mass is 484 g/mol. The van der Waals surface area contributed by atoms with Crippen LogP contribution in [0.1, 0.15) is 57.8 Å². The van der Waals surface area contributed by atoms with E-state index >= 15 is 0 Å². The third kappa shape index (κ3) is 4.93. The highest BCUT2D eigenvalue weighted by molar-refractivity contribution is 7.89. The third-order valence-electron chi connectivity index (χ3n) is 7.68. The minimum Gasteiger partial charge on any atom is -0.357 e. The first kappa shape index (κ1) is 23.5. The number of rotatable bonds is 4. The van der Waals surface area contributed by atoms with Crippen LogP contribution in [0.15, 0.2) is 35.2 Å². The molecular weight excluding hydrogens is 448 g/mol. The van der Waals surface area contributed by atoms with Gasteiger partial charge >= 0.3 is 0 Å². The Balaban J connectivity index is 1.25. The molecule has 8 heteroatoms. The highest BCUT2D eigenvalue weighted by Crippen LogP contribution is 2.28. The van der Waals surface area contributed by atoms with E-state index in [4.69, 9.17) is 4.98 Å². The molecule has 34 heavy (non-hydrogen) atoms. The number of sulfonamides is 1. The average molecular weight is 485 g/mol. The summed E-state index contributed by atoms with van der Waals surface area (Å²) in [5, 5.41) is 0.841. The molecule has 0 N–H and O–H groups in total. The molecule has 5 rings (SSSR count). The van der Waals surface area contributed by atoms with Crippen molar-refractivity contribution in [2.75, 3.05) is 44.2 Å². The number of carbonyl (C=O) groups is 1. The number of aromatic nitrogens is 1. The highest BCUT2D eigenvalue weighted by Gasteiger charge is 2.30. The van der Waals surface area contributed by atoms with Crippen LogP contribution in [0.25, 0.3) is 10.9 Å². The van der Waals surface area contributed by atoms with Crippen molar-refractivity contribution in [2.24, 2.45) is 5.92 Å². The van der Waals surface area contributed by atoms with Gasteiger partial charge in [0.2, 0.25) is 15.9 Å². The fraction of sp³-hybridized carbons (Fsp3) is 0.615. The number of benzene rings is 1. The molecule has 1 aromatic heterocycles. The van der Waals surface area contributed by atoms with Crippen LogP contribution in [0.5, 0.6) is 0 Å². The fourth-order valence-electron chi connectivity index (χ4n) is 5.59. The number of carbonyl (C=O) groups excluding carboxylic acids is 1. The van der Waals surface area contributed by atoms with Crippen molar-refractivity contribution in [1.82, 2.24) is 14.2 Å². The first-order chi connectivity index (χ1) is 16.5. The average Bonchev–Trinajstić information content (AvgIpc) is 3.18. The molecule has 3 aliphatic rings. The molecule has 3 fully saturated rings. The van der Waals surface area contributed by atoms with Crippen molar-refractivity contribution in [3.05, 3.63) is 30.3 Å². The molecule has 0 aliphatic carbocycles. The zero-order valence-corrected chi connectivity index (χ0v) is 20.8. The van der Waals surface area contributed by atoms with E-state index < -0.39 is 10.0 Å². The van der Waals surface area contributed by atoms with Crippen molar-refractivity contribution in [1.29, 1.82) is 0 Å². The molecule has 2 aromatic rings. The summed E-state index contributed by atoms with van der Waals surface area (Å²) in [7, 11) is -3.45. The molecule has 0 radical (unpaired) electrons. The molecule has 7 nitrogen and oxygen atoms in total. The molecule has 0 spiro atoms. The summed E-state index contributed by atoms with van der Waals surface area (Å²) in [5.41, 5.74) is 0.804. The normalized spacial score (nSPS) is 21.5. The smallest absolute Gasteiger partial charge is 0.243 e. The minimum atomic E-state index is -3.45. The summed E-state index contributed by atoms with van der Waals surface area (Å²) in [5.74, 6) is 1.37. The molecule has 1 aromatic carbocycles. The summed E-state index contributed by atoms with van der Waals surface area (Å²) in [6.45, 7) is 4.69. The lowest BCUT2D eigenvalue weighted by molar-refractivity contribution is -0.136. The van der Waals surface area contributed by atoms with E-state index in [2.05, 4.69) is 9.80 Å². The van der Waals surface area contributed by atoms with Gasteiger partial charge in [-0.3, -0.25) is 4.79 Å². The maximum atomic E-state index is 13.0. The lowest BCUT2D eigenvalue weighted by atomic mass is 9.95. The van der Waals surface area contributed by atoms with Gasteiger partial charge < -0.3 is 9.80 Å². The van der Waals surface area contributed by atoms with Crippen LogP contribution in [0, 0.1) is 5.92 Å². The van der Waals surface area contributed by atoms with Crippen LogP contribution in [0.3, 0.4) is 0 Å². The first-order valence-corrected chi connectivity index (χ1v) is 14.4. The van der Waals surface area contributed by atoms with Gasteiger partial charge in [0.15, 0.2) is 0 Å². The van der Waals surface area contributed by atoms with Gasteiger partial charge in [0.05, 0.1) is 10.4 Å². The summed E-state index contributed by atoms with van der Waals surface area (Å²) >= 11 is 0. The van der Waals surface area contributed by atoms with Gasteiger partial charge in [-0.15, -0.1) is 0 Å². The van der Waals surface area contributed by atoms with Crippen LogP contribution in [-0.2, 0) is 14.8 Å². The second kappa shape index (κ2) is 10.2. The van der Waals surface area contributed by atoms with E-state index in [1.807, 2.05) is 18.2 Å². The number of fused-ring (bicyclic) bond motifs is 1. The van der Waals surface area contributed by atoms with E-state index in [1.165, 1.54) is 12.8 Å². The van der Waals surface area contributed by atoms with Gasteiger partial charge in [-0.25, -0.2) is 13.4 Å². The van der Waals surface area contributed by atoms with Crippen molar-refractivity contribution in [3.63, 3.8) is 0 Å². The van der Waals surface area contributed by atoms with Gasteiger partial charge in [0.1, 0.15) is 5.82 Å². The van der Waals surface area contributed by atoms with Crippen LogP contribution < -0.4 is 4.90 Å². The zero-order chi connectivity index (χ0) is 23.5. The topological polar surface area (TPSA) is 73.8 Å². The lowest BCUT2D eigenvalue weighted by Gasteiger charge is -2.34. The molecule has 0 saturated carbocycles. The summed E-state index contributed by atoms with van der Waals surface area (Å²) in [6, 6.07) is 9.22. The molecule has 3 aliphatic heterocycles. The van der Waals surface area contributed by atoms with E-state index in [1.54, 1.807) is 16.4 Å². The summed E-state index contributed by atoms with van der Waals surface area (Å²) in [6.07, 6.45) is 9.42. The molecule has 4 heterocycles. The van der Waals surface area contributed by atoms with Crippen molar-refractivity contribution >= 4 is 32.7 Å². The number of anilines is 1. The standard InChI is InChI=1S/C26H36N4O3S/c31-26(29-14-4-1-2-5-15-29)21-12-18-28(19-13-21)25-11-8-22-20-23(9-10-24(22)27-25)34(32,33)30-16-6-3-7-17-30/h8-11,20-21H,1-7,12-19H2. The van der Waals surface area contributed by atoms with Gasteiger partial charge in [0.25, 0.3) is 0 Å². The molecule has 184 valence electrons. The number of likely N-dealkylation sites (tertiary alicyclic amines) is 1. The molecule has 0 unspecified atom stereocenters. The van der Waals surface area contributed by atoms with Gasteiger partial charge in [0, 0.05) is 50.6 Å². The summed E-state index contributed by atoms with van der Waals surface area (Å²) < 4.78 is 27.7. The molecule has 1 amide bonds. The summed E-state index contributed by atoms with van der Waals surface area (Å²) in [4.78, 5) is 22.5. The number of amides is 1. The van der Waals surface area contributed by atoms with E-state index in [0.29, 0.717) is 23.9 Å². The second-order valence-electron chi connectivity index (χ2n) is 9.99. The van der Waals surface area contributed by atoms with Crippen LogP contribution in [-0.4, -0.2) is 67.8 Å². The molecule has 0 atom stereocenters. The quantitative estimate of drug-likeness (QED) is 0.655. The van der Waals surface area contributed by atoms with Gasteiger partial charge in [-0.05, 0) is 68.9 Å². The number of nitrogens with zero attached hydrogens (tertiary/aromatic N) is 4. The maximum Gasteiger partial charge on any atom is 0.243 e. The van der Waals surface area contributed by atoms with E-state index in [0.717, 1.165) is 87.8 Å². The Morgan fingerprint density at radius 2 is 1.44 bits per heavy atom. The Hall–Kier alpha value is -2.19. The fourth-order valence-corrected chi connectivity index (χ4v) is 7.14. The second-order valence-corrected chi connectivity index (χ2v) is 11.9. The predicted octanol–water partition coefficient (Wildman–Crippen LogP) is 4.03. The molecular formula is C26H36N4O3S. The SMILES string of the molecule is O=C(C1CCN(c2ccc3cc(S(=O)(=O)N4CCCCC4)ccc3n2)CC1)N1CCCCCC1. The number of piperidine rings is 2. The van der Waals surface area contributed by atoms with Gasteiger partial charge in [-0.2, -0.15) is 4.31 Å². The van der Waals surface area contributed by atoms with Crippen LogP contribution in [0.2, 0.25) is 0 Å². The van der Waals surface area contributed by atoms with E-state index in [9.17, 15) is 13.2 Å². The van der Waals surface area contributed by atoms with Crippen LogP contribution in [0.4, 0.5) is 5.82 Å². The zero-order valence-electron chi connectivity index (χ0n) is 20.0. The number of pyridine rings is 1. The number of hydrogen-bond donors (Lipinski definition) is 0. The molecule has 3 saturated heterocycles. The van der Waals surface area contributed by atoms with Crippen molar-refractivity contribution < 1.29 is 13.2 Å². The van der Waals surface area contributed by atoms with Gasteiger partial charge in [-0.1, -0.05) is 19.3 Å². The largest absolute Gasteiger partial charge is 0.357 e. The number of hydrogen-bond acceptors (Lipinski definition) is 5.